The molecule has 1 aromatic heterocycles. The SMILES string of the molecule is Cc1cc(C(F)(C(F)(F)F)C(F)(F)F)cc(Cl)c1NC(=O)c1cccc(N(C)C(=O)c2cccnc2)c1F. The fraction of sp³-hybridized carbons (Fsp3) is 0.208. The molecule has 2 amide bonds. The van der Waals surface area contributed by atoms with E-state index in [2.05, 4.69) is 10.3 Å². The molecule has 14 heteroatoms. The average Bonchev–Trinajstić information content (AvgIpc) is 2.83. The Morgan fingerprint density at radius 1 is 0.974 bits per heavy atom. The van der Waals surface area contributed by atoms with Crippen LogP contribution in [0.4, 0.5) is 46.5 Å². The van der Waals surface area contributed by atoms with Crippen LogP contribution in [0.5, 0.6) is 0 Å². The number of rotatable bonds is 5. The van der Waals surface area contributed by atoms with Crippen molar-refractivity contribution in [2.24, 2.45) is 0 Å². The lowest BCUT2D eigenvalue weighted by Gasteiger charge is -2.31. The molecule has 1 N–H and O–H groups in total. The van der Waals surface area contributed by atoms with Gasteiger partial charge in [-0.15, -0.1) is 0 Å². The third kappa shape index (κ3) is 5.15. The minimum Gasteiger partial charge on any atom is -0.320 e. The molecule has 5 nitrogen and oxygen atoms in total. The van der Waals surface area contributed by atoms with E-state index in [1.54, 1.807) is 0 Å². The zero-order valence-electron chi connectivity index (χ0n) is 19.3. The fourth-order valence-electron chi connectivity index (χ4n) is 3.52. The molecular weight excluding hydrogens is 550 g/mol. The van der Waals surface area contributed by atoms with Gasteiger partial charge in [0.2, 0.25) is 0 Å². The molecule has 0 spiro atoms. The van der Waals surface area contributed by atoms with Crippen LogP contribution < -0.4 is 10.2 Å². The summed E-state index contributed by atoms with van der Waals surface area (Å²) in [5.41, 5.74) is -9.34. The van der Waals surface area contributed by atoms with Crippen molar-refractivity contribution in [3.05, 3.63) is 88.0 Å². The lowest BCUT2D eigenvalue weighted by atomic mass is 9.92. The molecule has 0 saturated carbocycles. The number of carbonyl (C=O) groups is 2. The van der Waals surface area contributed by atoms with Crippen molar-refractivity contribution < 1.29 is 44.7 Å². The van der Waals surface area contributed by atoms with Gasteiger partial charge in [0.15, 0.2) is 5.82 Å². The number of hydrogen-bond acceptors (Lipinski definition) is 3. The van der Waals surface area contributed by atoms with Crippen LogP contribution in [0.1, 0.15) is 31.8 Å². The van der Waals surface area contributed by atoms with E-state index in [-0.39, 0.29) is 23.4 Å². The van der Waals surface area contributed by atoms with Crippen molar-refractivity contribution in [3.8, 4) is 0 Å². The van der Waals surface area contributed by atoms with E-state index in [9.17, 15) is 40.3 Å². The van der Waals surface area contributed by atoms with Gasteiger partial charge in [-0.3, -0.25) is 14.6 Å². The van der Waals surface area contributed by atoms with Crippen LogP contribution in [-0.4, -0.2) is 36.2 Å². The summed E-state index contributed by atoms with van der Waals surface area (Å²) in [6, 6.07) is 6.68. The topological polar surface area (TPSA) is 62.3 Å². The van der Waals surface area contributed by atoms with Gasteiger partial charge in [-0.1, -0.05) is 23.7 Å². The molecule has 0 saturated heterocycles. The number of amides is 2. The number of carbonyl (C=O) groups excluding carboxylic acids is 2. The molecule has 0 fully saturated rings. The molecule has 3 rings (SSSR count). The predicted molar refractivity (Wildman–Crippen MR) is 122 cm³/mol. The Bertz CT molecular complexity index is 1340. The van der Waals surface area contributed by atoms with Crippen LogP contribution >= 0.6 is 11.6 Å². The summed E-state index contributed by atoms with van der Waals surface area (Å²) in [5, 5.41) is 1.25. The monoisotopic (exact) mass is 565 g/mol. The van der Waals surface area contributed by atoms with Gasteiger partial charge in [0, 0.05) is 25.0 Å². The zero-order chi connectivity index (χ0) is 28.6. The third-order valence-electron chi connectivity index (χ3n) is 5.50. The summed E-state index contributed by atoms with van der Waals surface area (Å²) in [6.07, 6.45) is -10.1. The van der Waals surface area contributed by atoms with Gasteiger partial charge in [0.1, 0.15) is 0 Å². The first-order valence-corrected chi connectivity index (χ1v) is 10.8. The van der Waals surface area contributed by atoms with Crippen molar-refractivity contribution >= 4 is 34.8 Å². The summed E-state index contributed by atoms with van der Waals surface area (Å²) in [5.74, 6) is -3.01. The first kappa shape index (κ1) is 28.8. The van der Waals surface area contributed by atoms with Crippen LogP contribution in [-0.2, 0) is 5.67 Å². The molecular formula is C24H16ClF8N3O2. The summed E-state index contributed by atoms with van der Waals surface area (Å²) < 4.78 is 108. The molecule has 202 valence electrons. The maximum absolute atomic E-state index is 15.2. The Morgan fingerprint density at radius 3 is 2.13 bits per heavy atom. The predicted octanol–water partition coefficient (Wildman–Crippen LogP) is 7.00. The van der Waals surface area contributed by atoms with Crippen molar-refractivity contribution in [3.63, 3.8) is 0 Å². The van der Waals surface area contributed by atoms with E-state index in [1.807, 2.05) is 0 Å². The van der Waals surface area contributed by atoms with Crippen LogP contribution in [0.3, 0.4) is 0 Å². The molecule has 2 aromatic carbocycles. The number of alkyl halides is 7. The van der Waals surface area contributed by atoms with Crippen LogP contribution in [0.2, 0.25) is 5.02 Å². The summed E-state index contributed by atoms with van der Waals surface area (Å²) in [6.45, 7) is 0.977. The minimum atomic E-state index is -6.37. The first-order chi connectivity index (χ1) is 17.5. The lowest BCUT2D eigenvalue weighted by molar-refractivity contribution is -0.348. The van der Waals surface area contributed by atoms with Crippen LogP contribution in [0.25, 0.3) is 0 Å². The number of halogens is 9. The number of pyridine rings is 1. The quantitative estimate of drug-likeness (QED) is 0.339. The standard InChI is InChI=1S/C24H16ClF8N3O2/c1-12-9-14(22(27,23(28,29)30)24(31,32)33)10-16(25)19(12)35-20(37)15-6-3-7-17(18(15)26)36(2)21(38)13-5-4-8-34-11-13/h3-11H,1-2H3,(H,35,37). The first-order valence-electron chi connectivity index (χ1n) is 10.4. The van der Waals surface area contributed by atoms with Gasteiger partial charge in [-0.25, -0.2) is 8.78 Å². The molecule has 0 aliphatic carbocycles. The number of aromatic nitrogens is 1. The van der Waals surface area contributed by atoms with E-state index in [4.69, 9.17) is 11.6 Å². The molecule has 0 aliphatic rings. The van der Waals surface area contributed by atoms with Crippen LogP contribution in [0.15, 0.2) is 54.9 Å². The second-order valence-corrected chi connectivity index (χ2v) is 8.41. The number of aryl methyl sites for hydroxylation is 1. The maximum atomic E-state index is 15.2. The smallest absolute Gasteiger partial charge is 0.320 e. The van der Waals surface area contributed by atoms with Gasteiger partial charge in [0.25, 0.3) is 11.8 Å². The van der Waals surface area contributed by atoms with E-state index in [0.717, 1.165) is 17.9 Å². The van der Waals surface area contributed by atoms with Gasteiger partial charge >= 0.3 is 18.0 Å². The normalized spacial score (nSPS) is 12.3. The highest BCUT2D eigenvalue weighted by molar-refractivity contribution is 6.34. The Labute approximate surface area is 215 Å². The Kier molecular flexibility index (Phi) is 7.74. The summed E-state index contributed by atoms with van der Waals surface area (Å²) in [7, 11) is 1.24. The maximum Gasteiger partial charge on any atom is 0.435 e. The highest BCUT2D eigenvalue weighted by Crippen LogP contribution is 2.54. The fourth-order valence-corrected chi connectivity index (χ4v) is 3.83. The van der Waals surface area contributed by atoms with Gasteiger partial charge < -0.3 is 10.2 Å². The molecule has 0 atom stereocenters. The Balaban J connectivity index is 1.96. The second kappa shape index (κ2) is 10.2. The number of anilines is 2. The highest BCUT2D eigenvalue weighted by atomic mass is 35.5. The number of nitrogens with one attached hydrogen (secondary N) is 1. The number of benzene rings is 2. The minimum absolute atomic E-state index is 0.0816. The second-order valence-electron chi connectivity index (χ2n) is 8.00. The van der Waals surface area contributed by atoms with E-state index < -0.39 is 63.1 Å². The zero-order valence-corrected chi connectivity index (χ0v) is 20.1. The van der Waals surface area contributed by atoms with Gasteiger partial charge in [-0.05, 0) is 42.8 Å². The van der Waals surface area contributed by atoms with Crippen LogP contribution in [0, 0.1) is 12.7 Å². The molecule has 0 radical (unpaired) electrons. The molecule has 0 bridgehead atoms. The molecule has 38 heavy (non-hydrogen) atoms. The average molecular weight is 566 g/mol. The Hall–Kier alpha value is -3.74. The molecule has 3 aromatic rings. The van der Waals surface area contributed by atoms with E-state index in [1.165, 1.54) is 43.7 Å². The van der Waals surface area contributed by atoms with Crippen molar-refractivity contribution in [1.82, 2.24) is 4.98 Å². The third-order valence-corrected chi connectivity index (χ3v) is 5.80. The summed E-state index contributed by atoms with van der Waals surface area (Å²) >= 11 is 5.83. The molecule has 0 aliphatic heterocycles. The number of nitrogens with zero attached hydrogens (tertiary/aromatic N) is 2. The Morgan fingerprint density at radius 2 is 1.61 bits per heavy atom. The van der Waals surface area contributed by atoms with Crippen molar-refractivity contribution in [1.29, 1.82) is 0 Å². The van der Waals surface area contributed by atoms with E-state index in [0.29, 0.717) is 0 Å². The summed E-state index contributed by atoms with van der Waals surface area (Å²) in [4.78, 5) is 30.1. The van der Waals surface area contributed by atoms with Gasteiger partial charge in [0.05, 0.1) is 27.5 Å². The molecule has 0 unspecified atom stereocenters. The van der Waals surface area contributed by atoms with Gasteiger partial charge in [-0.2, -0.15) is 26.3 Å². The van der Waals surface area contributed by atoms with Crippen molar-refractivity contribution in [2.45, 2.75) is 24.9 Å². The van der Waals surface area contributed by atoms with Crippen molar-refractivity contribution in [2.75, 3.05) is 17.3 Å². The van der Waals surface area contributed by atoms with E-state index >= 15 is 4.39 Å². The molecule has 1 heterocycles. The largest absolute Gasteiger partial charge is 0.435 e. The lowest BCUT2D eigenvalue weighted by Crippen LogP contribution is -2.50. The number of hydrogen-bond donors (Lipinski definition) is 1. The highest BCUT2D eigenvalue weighted by Gasteiger charge is 2.73.